The second-order valence-electron chi connectivity index (χ2n) is 17.3. The van der Waals surface area contributed by atoms with E-state index < -0.39 is 6.29 Å². The van der Waals surface area contributed by atoms with Crippen molar-refractivity contribution in [1.29, 1.82) is 0 Å². The van der Waals surface area contributed by atoms with Gasteiger partial charge in [0, 0.05) is 42.7 Å². The first-order valence-electron chi connectivity index (χ1n) is 20.9. The number of carbonyl (C=O) groups excluding carboxylic acids is 2. The maximum atomic E-state index is 13.9. The van der Waals surface area contributed by atoms with Crippen LogP contribution in [0.15, 0.2) is 103 Å². The molecule has 1 saturated carbocycles. The third-order valence-electron chi connectivity index (χ3n) is 12.1. The standard InChI is InChI=1S/C48H60N4O5/c1-32-43(30-52-41-17-11-9-14-36(41)26-27-42(52)45(54)51-48(2,3)4)56-46(57-44(32)37-20-18-34(31-53)19-21-37)38-24-22-35(23-25-38)40-16-10-8-15-39(40)29-50-47(55)49-28-33-12-6-5-7-13-33/h5-8,10,12-13,15-16,18-25,32,36,41-44,46,53H,9,11,14,17,26-31H2,1-4H3,(H,51,54)(H2,49,50,55)/t32-,36+,41+,42+,43+,44+,46+/m0/s1. The summed E-state index contributed by atoms with van der Waals surface area (Å²) in [5, 5.41) is 19.0. The van der Waals surface area contributed by atoms with Gasteiger partial charge in [0.25, 0.3) is 0 Å². The van der Waals surface area contributed by atoms with Gasteiger partial charge >= 0.3 is 6.03 Å². The Balaban J connectivity index is 1.11. The zero-order valence-corrected chi connectivity index (χ0v) is 34.0. The molecular formula is C48H60N4O5. The minimum absolute atomic E-state index is 0.0000595. The molecule has 0 spiro atoms. The van der Waals surface area contributed by atoms with Crippen molar-refractivity contribution in [2.45, 2.75) is 122 Å². The van der Waals surface area contributed by atoms with Crippen LogP contribution in [-0.4, -0.2) is 52.2 Å². The number of benzene rings is 4. The van der Waals surface area contributed by atoms with Gasteiger partial charge in [-0.2, -0.15) is 0 Å². The summed E-state index contributed by atoms with van der Waals surface area (Å²) in [6.45, 7) is 9.83. The zero-order valence-electron chi connectivity index (χ0n) is 34.0. The number of ether oxygens (including phenoxy) is 2. The molecule has 2 aliphatic heterocycles. The van der Waals surface area contributed by atoms with E-state index in [-0.39, 0.29) is 48.3 Å². The summed E-state index contributed by atoms with van der Waals surface area (Å²) in [5.41, 5.74) is 6.63. The maximum absolute atomic E-state index is 13.9. The van der Waals surface area contributed by atoms with E-state index in [1.165, 1.54) is 19.3 Å². The van der Waals surface area contributed by atoms with Gasteiger partial charge in [-0.3, -0.25) is 9.69 Å². The number of aliphatic hydroxyl groups is 1. The predicted octanol–water partition coefficient (Wildman–Crippen LogP) is 8.57. The molecule has 4 N–H and O–H groups in total. The lowest BCUT2D eigenvalue weighted by molar-refractivity contribution is -0.278. The molecule has 3 aliphatic rings. The average molecular weight is 773 g/mol. The number of likely N-dealkylation sites (tertiary alicyclic amines) is 1. The number of nitrogens with one attached hydrogen (secondary N) is 3. The maximum Gasteiger partial charge on any atom is 0.315 e. The Kier molecular flexibility index (Phi) is 13.1. The lowest BCUT2D eigenvalue weighted by Gasteiger charge is -2.51. The van der Waals surface area contributed by atoms with Gasteiger partial charge in [0.1, 0.15) is 0 Å². The highest BCUT2D eigenvalue weighted by Crippen LogP contribution is 2.44. The predicted molar refractivity (Wildman–Crippen MR) is 224 cm³/mol. The molecule has 302 valence electrons. The molecule has 9 nitrogen and oxygen atoms in total. The molecule has 7 rings (SSSR count). The molecule has 0 radical (unpaired) electrons. The number of carbonyl (C=O) groups is 2. The van der Waals surface area contributed by atoms with Crippen molar-refractivity contribution in [3.63, 3.8) is 0 Å². The van der Waals surface area contributed by atoms with Crippen molar-refractivity contribution >= 4 is 11.9 Å². The van der Waals surface area contributed by atoms with Gasteiger partial charge in [-0.05, 0) is 85.8 Å². The highest BCUT2D eigenvalue weighted by Gasteiger charge is 2.46. The Hall–Kier alpha value is -4.54. The topological polar surface area (TPSA) is 112 Å². The molecule has 2 saturated heterocycles. The fraction of sp³-hybridized carbons (Fsp3) is 0.458. The van der Waals surface area contributed by atoms with Crippen LogP contribution in [0.25, 0.3) is 11.1 Å². The van der Waals surface area contributed by atoms with Gasteiger partial charge in [-0.1, -0.05) is 123 Å². The molecule has 9 heteroatoms. The summed E-state index contributed by atoms with van der Waals surface area (Å²) in [5.74, 6) is 0.706. The number of urea groups is 1. The highest BCUT2D eigenvalue weighted by atomic mass is 16.7. The van der Waals surface area contributed by atoms with Crippen LogP contribution in [-0.2, 0) is 34.0 Å². The van der Waals surface area contributed by atoms with E-state index in [1.807, 2.05) is 60.7 Å². The highest BCUT2D eigenvalue weighted by molar-refractivity contribution is 5.82. The molecule has 0 aromatic heterocycles. The van der Waals surface area contributed by atoms with E-state index in [1.54, 1.807) is 0 Å². The average Bonchev–Trinajstić information content (AvgIpc) is 3.23. The third-order valence-corrected chi connectivity index (χ3v) is 12.1. The van der Waals surface area contributed by atoms with Crippen LogP contribution in [0.3, 0.4) is 0 Å². The normalized spacial score (nSPS) is 25.2. The largest absolute Gasteiger partial charge is 0.392 e. The van der Waals surface area contributed by atoms with Crippen LogP contribution in [0, 0.1) is 11.8 Å². The number of aliphatic hydroxyl groups excluding tert-OH is 1. The summed E-state index contributed by atoms with van der Waals surface area (Å²) < 4.78 is 13.9. The van der Waals surface area contributed by atoms with Crippen LogP contribution < -0.4 is 16.0 Å². The Morgan fingerprint density at radius 2 is 1.44 bits per heavy atom. The summed E-state index contributed by atoms with van der Waals surface area (Å²) >= 11 is 0. The van der Waals surface area contributed by atoms with E-state index in [4.69, 9.17) is 9.47 Å². The number of piperidine rings is 1. The summed E-state index contributed by atoms with van der Waals surface area (Å²) in [6.07, 6.45) is 5.63. The van der Waals surface area contributed by atoms with Gasteiger partial charge in [-0.25, -0.2) is 4.79 Å². The third kappa shape index (κ3) is 10.1. The Bertz CT molecular complexity index is 1930. The van der Waals surface area contributed by atoms with Crippen molar-refractivity contribution in [2.75, 3.05) is 6.54 Å². The Labute approximate surface area is 338 Å². The van der Waals surface area contributed by atoms with E-state index >= 15 is 0 Å². The van der Waals surface area contributed by atoms with Crippen molar-refractivity contribution in [2.24, 2.45) is 11.8 Å². The quantitative estimate of drug-likeness (QED) is 0.122. The molecule has 3 amide bonds. The molecule has 4 aromatic rings. The Morgan fingerprint density at radius 1 is 0.754 bits per heavy atom. The van der Waals surface area contributed by atoms with Crippen molar-refractivity contribution in [3.05, 3.63) is 131 Å². The lowest BCUT2D eigenvalue weighted by Crippen LogP contribution is -2.61. The van der Waals surface area contributed by atoms with Gasteiger partial charge in [0.15, 0.2) is 6.29 Å². The molecular weight excluding hydrogens is 713 g/mol. The number of hydrogen-bond donors (Lipinski definition) is 4. The fourth-order valence-electron chi connectivity index (χ4n) is 9.06. The monoisotopic (exact) mass is 772 g/mol. The number of rotatable bonds is 11. The van der Waals surface area contributed by atoms with Crippen LogP contribution in [0.4, 0.5) is 4.79 Å². The van der Waals surface area contributed by atoms with Gasteiger partial charge in [0.05, 0.1) is 24.9 Å². The van der Waals surface area contributed by atoms with E-state index in [0.717, 1.165) is 58.2 Å². The first kappa shape index (κ1) is 40.6. The first-order chi connectivity index (χ1) is 27.6. The van der Waals surface area contributed by atoms with Crippen molar-refractivity contribution < 1.29 is 24.2 Å². The minimum atomic E-state index is -0.623. The van der Waals surface area contributed by atoms with Crippen LogP contribution in [0.1, 0.15) is 106 Å². The summed E-state index contributed by atoms with van der Waals surface area (Å²) in [6, 6.07) is 34.3. The summed E-state index contributed by atoms with van der Waals surface area (Å²) in [4.78, 5) is 29.1. The zero-order chi connectivity index (χ0) is 39.9. The molecule has 57 heavy (non-hydrogen) atoms. The summed E-state index contributed by atoms with van der Waals surface area (Å²) in [7, 11) is 0. The smallest absolute Gasteiger partial charge is 0.315 e. The van der Waals surface area contributed by atoms with Gasteiger partial charge in [-0.15, -0.1) is 0 Å². The van der Waals surface area contributed by atoms with Crippen LogP contribution in [0.2, 0.25) is 0 Å². The lowest BCUT2D eigenvalue weighted by atomic mass is 9.75. The van der Waals surface area contributed by atoms with Gasteiger partial charge < -0.3 is 30.5 Å². The molecule has 0 unspecified atom stereocenters. The van der Waals surface area contributed by atoms with Crippen LogP contribution >= 0.6 is 0 Å². The molecule has 7 atom stereocenters. The van der Waals surface area contributed by atoms with E-state index in [9.17, 15) is 14.7 Å². The SMILES string of the molecule is C[C@H]1[C@@H](CN2[C@@H](C(=O)NC(C)(C)C)CC[C@H]3CCCC[C@H]32)O[C@@H](c2ccc(-c3ccccc3CNC(=O)NCc3ccccc3)cc2)O[C@H]1c1ccc(CO)cc1. The number of hydrogen-bond acceptors (Lipinski definition) is 6. The van der Waals surface area contributed by atoms with E-state index in [2.05, 4.69) is 91.0 Å². The first-order valence-corrected chi connectivity index (χ1v) is 20.9. The fourth-order valence-corrected chi connectivity index (χ4v) is 9.06. The molecule has 4 aromatic carbocycles. The molecule has 3 fully saturated rings. The molecule has 0 bridgehead atoms. The number of fused-ring (bicyclic) bond motifs is 1. The molecule has 2 heterocycles. The van der Waals surface area contributed by atoms with Crippen molar-refractivity contribution in [1.82, 2.24) is 20.9 Å². The number of amides is 3. The van der Waals surface area contributed by atoms with Crippen molar-refractivity contribution in [3.8, 4) is 11.1 Å². The number of nitrogens with zero attached hydrogens (tertiary/aromatic N) is 1. The second kappa shape index (κ2) is 18.4. The van der Waals surface area contributed by atoms with Crippen LogP contribution in [0.5, 0.6) is 0 Å². The van der Waals surface area contributed by atoms with E-state index in [0.29, 0.717) is 31.6 Å². The molecule has 1 aliphatic carbocycles. The van der Waals surface area contributed by atoms with Gasteiger partial charge in [0.2, 0.25) is 5.91 Å². The Morgan fingerprint density at radius 3 is 2.18 bits per heavy atom. The minimum Gasteiger partial charge on any atom is -0.392 e. The second-order valence-corrected chi connectivity index (χ2v) is 17.3.